The van der Waals surface area contributed by atoms with Crippen molar-refractivity contribution in [3.8, 4) is 0 Å². The summed E-state index contributed by atoms with van der Waals surface area (Å²) in [6.07, 6.45) is 4.81. The van der Waals surface area contributed by atoms with Crippen molar-refractivity contribution in [3.05, 3.63) is 46.0 Å². The fourth-order valence-corrected chi connectivity index (χ4v) is 2.30. The van der Waals surface area contributed by atoms with Gasteiger partial charge in [-0.2, -0.15) is 0 Å². The van der Waals surface area contributed by atoms with E-state index in [4.69, 9.17) is 4.74 Å². The fraction of sp³-hybridized carbons (Fsp3) is 0.467. The van der Waals surface area contributed by atoms with E-state index in [2.05, 4.69) is 5.32 Å². The van der Waals surface area contributed by atoms with E-state index in [0.717, 1.165) is 0 Å². The van der Waals surface area contributed by atoms with Gasteiger partial charge in [-0.25, -0.2) is 0 Å². The predicted octanol–water partition coefficient (Wildman–Crippen LogP) is 1.74. The molecule has 2 N–H and O–H groups in total. The molecule has 1 aromatic rings. The van der Waals surface area contributed by atoms with Gasteiger partial charge in [-0.3, -0.25) is 10.1 Å². The van der Waals surface area contributed by atoms with Crippen molar-refractivity contribution in [3.63, 3.8) is 0 Å². The largest absolute Gasteiger partial charge is 0.388 e. The number of rotatable bonds is 6. The van der Waals surface area contributed by atoms with E-state index < -0.39 is 10.5 Å². The summed E-state index contributed by atoms with van der Waals surface area (Å²) in [5, 5.41) is 24.3. The summed E-state index contributed by atoms with van der Waals surface area (Å²) >= 11 is 0. The number of nitrogens with one attached hydrogen (secondary N) is 1. The molecule has 1 heterocycles. The van der Waals surface area contributed by atoms with E-state index in [1.807, 2.05) is 6.08 Å². The van der Waals surface area contributed by atoms with Gasteiger partial charge in [-0.1, -0.05) is 24.3 Å². The second-order valence-electron chi connectivity index (χ2n) is 5.19. The second kappa shape index (κ2) is 7.31. The summed E-state index contributed by atoms with van der Waals surface area (Å²) in [7, 11) is 0. The zero-order chi connectivity index (χ0) is 15.1. The lowest BCUT2D eigenvalue weighted by Gasteiger charge is -2.32. The monoisotopic (exact) mass is 292 g/mol. The van der Waals surface area contributed by atoms with Crippen LogP contribution >= 0.6 is 0 Å². The second-order valence-corrected chi connectivity index (χ2v) is 5.19. The average molecular weight is 292 g/mol. The van der Waals surface area contributed by atoms with E-state index in [1.165, 1.54) is 6.07 Å². The minimum atomic E-state index is -0.704. The Morgan fingerprint density at radius 1 is 1.38 bits per heavy atom. The van der Waals surface area contributed by atoms with Crippen LogP contribution in [0.3, 0.4) is 0 Å². The van der Waals surface area contributed by atoms with E-state index >= 15 is 0 Å². The third kappa shape index (κ3) is 4.63. The molecule has 1 aliphatic heterocycles. The molecule has 114 valence electrons. The van der Waals surface area contributed by atoms with E-state index in [1.54, 1.807) is 24.3 Å². The lowest BCUT2D eigenvalue weighted by molar-refractivity contribution is -0.385. The van der Waals surface area contributed by atoms with Crippen molar-refractivity contribution >= 4 is 11.8 Å². The van der Waals surface area contributed by atoms with Crippen molar-refractivity contribution in [2.75, 3.05) is 26.3 Å². The highest BCUT2D eigenvalue weighted by Crippen LogP contribution is 2.20. The Morgan fingerprint density at radius 3 is 2.81 bits per heavy atom. The first-order valence-electron chi connectivity index (χ1n) is 7.02. The van der Waals surface area contributed by atoms with Crippen molar-refractivity contribution in [1.29, 1.82) is 0 Å². The molecule has 0 amide bonds. The SMILES string of the molecule is O=[N+]([O-])c1ccccc1/C=C/CNCC1(O)CCOCC1. The zero-order valence-electron chi connectivity index (χ0n) is 11.8. The Labute approximate surface area is 123 Å². The molecule has 6 nitrogen and oxygen atoms in total. The molecule has 0 radical (unpaired) electrons. The molecule has 21 heavy (non-hydrogen) atoms. The first-order valence-corrected chi connectivity index (χ1v) is 7.02. The number of hydrogen-bond donors (Lipinski definition) is 2. The molecule has 0 atom stereocenters. The molecular weight excluding hydrogens is 272 g/mol. The van der Waals surface area contributed by atoms with Crippen LogP contribution in [-0.2, 0) is 4.74 Å². The van der Waals surface area contributed by atoms with E-state index in [-0.39, 0.29) is 5.69 Å². The number of ether oxygens (including phenoxy) is 1. The highest BCUT2D eigenvalue weighted by atomic mass is 16.6. The predicted molar refractivity (Wildman–Crippen MR) is 80.0 cm³/mol. The molecule has 0 aliphatic carbocycles. The van der Waals surface area contributed by atoms with Gasteiger partial charge in [0.1, 0.15) is 0 Å². The van der Waals surface area contributed by atoms with Gasteiger partial charge in [0.2, 0.25) is 0 Å². The highest BCUT2D eigenvalue weighted by Gasteiger charge is 2.28. The summed E-state index contributed by atoms with van der Waals surface area (Å²) in [6.45, 7) is 2.22. The van der Waals surface area contributed by atoms with Crippen LogP contribution in [-0.4, -0.2) is 41.9 Å². The maximum Gasteiger partial charge on any atom is 0.276 e. The molecular formula is C15H20N2O4. The minimum absolute atomic E-state index is 0.0943. The Hall–Kier alpha value is -1.76. The van der Waals surface area contributed by atoms with Gasteiger partial charge in [0.15, 0.2) is 0 Å². The smallest absolute Gasteiger partial charge is 0.276 e. The van der Waals surface area contributed by atoms with Crippen LogP contribution in [0, 0.1) is 10.1 Å². The third-order valence-corrected chi connectivity index (χ3v) is 3.57. The van der Waals surface area contributed by atoms with Crippen molar-refractivity contribution in [2.45, 2.75) is 18.4 Å². The quantitative estimate of drug-likeness (QED) is 0.474. The van der Waals surface area contributed by atoms with E-state index in [0.29, 0.717) is 44.7 Å². The maximum absolute atomic E-state index is 10.9. The summed E-state index contributed by atoms with van der Waals surface area (Å²) in [6, 6.07) is 6.61. The normalized spacial score (nSPS) is 18.0. The van der Waals surface area contributed by atoms with Crippen molar-refractivity contribution in [1.82, 2.24) is 5.32 Å². The van der Waals surface area contributed by atoms with Crippen LogP contribution in [0.5, 0.6) is 0 Å². The van der Waals surface area contributed by atoms with Gasteiger partial charge < -0.3 is 15.2 Å². The van der Waals surface area contributed by atoms with Gasteiger partial charge in [-0.15, -0.1) is 0 Å². The van der Waals surface area contributed by atoms with Crippen LogP contribution in [0.15, 0.2) is 30.3 Å². The van der Waals surface area contributed by atoms with Crippen LogP contribution in [0.2, 0.25) is 0 Å². The summed E-state index contributed by atoms with van der Waals surface area (Å²) in [4.78, 5) is 10.5. The summed E-state index contributed by atoms with van der Waals surface area (Å²) in [5.41, 5.74) is -0.0314. The number of aliphatic hydroxyl groups is 1. The lowest BCUT2D eigenvalue weighted by Crippen LogP contribution is -2.45. The molecule has 1 saturated heterocycles. The molecule has 0 saturated carbocycles. The molecule has 1 aromatic carbocycles. The topological polar surface area (TPSA) is 84.6 Å². The van der Waals surface area contributed by atoms with Gasteiger partial charge in [0.25, 0.3) is 5.69 Å². The van der Waals surface area contributed by atoms with Crippen molar-refractivity contribution in [2.24, 2.45) is 0 Å². The number of benzene rings is 1. The molecule has 1 aliphatic rings. The standard InChI is InChI=1S/C15H20N2O4/c18-15(7-10-21-11-8-15)12-16-9-3-5-13-4-1-2-6-14(13)17(19)20/h1-6,16,18H,7-12H2/b5-3+. The molecule has 6 heteroatoms. The Balaban J connectivity index is 1.82. The lowest BCUT2D eigenvalue weighted by atomic mass is 9.94. The fourth-order valence-electron chi connectivity index (χ4n) is 2.30. The summed E-state index contributed by atoms with van der Waals surface area (Å²) in [5.74, 6) is 0. The van der Waals surface area contributed by atoms with Crippen LogP contribution in [0.25, 0.3) is 6.08 Å². The number of nitrogens with zero attached hydrogens (tertiary/aromatic N) is 1. The van der Waals surface area contributed by atoms with Crippen molar-refractivity contribution < 1.29 is 14.8 Å². The molecule has 0 spiro atoms. The molecule has 0 unspecified atom stereocenters. The average Bonchev–Trinajstić information content (AvgIpc) is 2.48. The van der Waals surface area contributed by atoms with Gasteiger partial charge >= 0.3 is 0 Å². The third-order valence-electron chi connectivity index (χ3n) is 3.57. The Kier molecular flexibility index (Phi) is 5.44. The first-order chi connectivity index (χ1) is 10.1. The van der Waals surface area contributed by atoms with Gasteiger partial charge in [0, 0.05) is 45.2 Å². The number of hydrogen-bond acceptors (Lipinski definition) is 5. The van der Waals surface area contributed by atoms with E-state index in [9.17, 15) is 15.2 Å². The Bertz CT molecular complexity index is 510. The van der Waals surface area contributed by atoms with Crippen LogP contribution in [0.4, 0.5) is 5.69 Å². The summed E-state index contributed by atoms with van der Waals surface area (Å²) < 4.78 is 5.22. The van der Waals surface area contributed by atoms with Gasteiger partial charge in [0.05, 0.1) is 16.1 Å². The first kappa shape index (κ1) is 15.6. The van der Waals surface area contributed by atoms with Gasteiger partial charge in [-0.05, 0) is 6.07 Å². The minimum Gasteiger partial charge on any atom is -0.388 e. The zero-order valence-corrected chi connectivity index (χ0v) is 11.8. The number of nitro benzene ring substituents is 1. The molecule has 2 rings (SSSR count). The van der Waals surface area contributed by atoms with Crippen LogP contribution in [0.1, 0.15) is 18.4 Å². The van der Waals surface area contributed by atoms with Crippen LogP contribution < -0.4 is 5.32 Å². The highest BCUT2D eigenvalue weighted by molar-refractivity contribution is 5.60. The number of nitro groups is 1. The number of para-hydroxylation sites is 1. The molecule has 1 fully saturated rings. The Morgan fingerprint density at radius 2 is 2.10 bits per heavy atom. The molecule has 0 aromatic heterocycles. The maximum atomic E-state index is 10.9. The molecule has 0 bridgehead atoms.